The van der Waals surface area contributed by atoms with Crippen molar-refractivity contribution in [2.24, 2.45) is 5.92 Å². The smallest absolute Gasteiger partial charge is 0.354 e. The Hall–Kier alpha value is -3.33. The normalized spacial score (nSPS) is 27.2. The van der Waals surface area contributed by atoms with Gasteiger partial charge >= 0.3 is 5.97 Å². The molecule has 3 atom stereocenters. The summed E-state index contributed by atoms with van der Waals surface area (Å²) in [5, 5.41) is 55.2. The standard InChI is InChI=1S/C22H18O8/c1-2-11(20(25)26)17-16(10-6-4-3-5-7-10)13-8-12-14-9-15(13)29-22(17,28)30-21(14,27)19(24)18(12)23/h3-9,11,23-24,27-28H,2H2,1H3,(H,25,26)/p-1. The van der Waals surface area contributed by atoms with Crippen molar-refractivity contribution in [2.75, 3.05) is 0 Å². The van der Waals surface area contributed by atoms with E-state index >= 15 is 0 Å². The van der Waals surface area contributed by atoms with Gasteiger partial charge in [0.1, 0.15) is 5.75 Å². The van der Waals surface area contributed by atoms with Gasteiger partial charge in [0.05, 0.1) is 0 Å². The number of aliphatic hydroxyl groups is 4. The van der Waals surface area contributed by atoms with Crippen molar-refractivity contribution in [3.63, 3.8) is 0 Å². The third-order valence-electron chi connectivity index (χ3n) is 5.80. The second kappa shape index (κ2) is 5.85. The van der Waals surface area contributed by atoms with Crippen molar-refractivity contribution >= 4 is 17.3 Å². The molecule has 0 fully saturated rings. The van der Waals surface area contributed by atoms with Gasteiger partial charge in [-0.15, -0.1) is 0 Å². The average Bonchev–Trinajstić information content (AvgIpc) is 2.84. The number of fused-ring (bicyclic) bond motifs is 1. The molecule has 4 N–H and O–H groups in total. The molecule has 5 rings (SSSR count). The molecule has 3 bridgehead atoms. The Morgan fingerprint density at radius 2 is 1.83 bits per heavy atom. The van der Waals surface area contributed by atoms with Gasteiger partial charge in [0.2, 0.25) is 5.76 Å². The fraction of sp³-hybridized carbons (Fsp3) is 0.227. The molecule has 3 aliphatic rings. The van der Waals surface area contributed by atoms with Gasteiger partial charge in [-0.1, -0.05) is 37.3 Å². The van der Waals surface area contributed by atoms with Crippen molar-refractivity contribution < 1.29 is 39.8 Å². The van der Waals surface area contributed by atoms with E-state index in [0.29, 0.717) is 16.7 Å². The number of aliphatic carboxylic acids is 1. The van der Waals surface area contributed by atoms with Crippen LogP contribution in [0.3, 0.4) is 0 Å². The maximum atomic E-state index is 12.0. The van der Waals surface area contributed by atoms with E-state index < -0.39 is 35.2 Å². The second-order valence-electron chi connectivity index (χ2n) is 7.46. The van der Waals surface area contributed by atoms with Gasteiger partial charge in [-0.25, -0.2) is 0 Å². The van der Waals surface area contributed by atoms with Crippen molar-refractivity contribution in [1.29, 1.82) is 0 Å². The maximum absolute atomic E-state index is 12.0. The Morgan fingerprint density at radius 3 is 2.47 bits per heavy atom. The van der Waals surface area contributed by atoms with E-state index in [0.717, 1.165) is 0 Å². The number of carbonyl (C=O) groups is 1. The fourth-order valence-corrected chi connectivity index (χ4v) is 4.44. The van der Waals surface area contributed by atoms with Crippen LogP contribution in [0.2, 0.25) is 0 Å². The molecule has 8 heteroatoms. The van der Waals surface area contributed by atoms with E-state index in [1.165, 1.54) is 12.1 Å². The van der Waals surface area contributed by atoms with Gasteiger partial charge in [-0.05, 0) is 24.1 Å². The third kappa shape index (κ3) is 2.18. The van der Waals surface area contributed by atoms with Crippen LogP contribution < -0.4 is 9.84 Å². The summed E-state index contributed by atoms with van der Waals surface area (Å²) in [5.41, 5.74) is 1.14. The molecule has 0 radical (unpaired) electrons. The minimum Gasteiger partial charge on any atom is -0.550 e. The summed E-state index contributed by atoms with van der Waals surface area (Å²) in [5.74, 6) is -9.60. The van der Waals surface area contributed by atoms with E-state index in [2.05, 4.69) is 0 Å². The summed E-state index contributed by atoms with van der Waals surface area (Å²) >= 11 is 0. The topological polar surface area (TPSA) is 140 Å². The number of carboxylic acids is 1. The van der Waals surface area contributed by atoms with Crippen LogP contribution in [0.1, 0.15) is 35.6 Å². The molecule has 3 unspecified atom stereocenters. The summed E-state index contributed by atoms with van der Waals surface area (Å²) in [6, 6.07) is 11.5. The lowest BCUT2D eigenvalue weighted by Crippen LogP contribution is -2.52. The van der Waals surface area contributed by atoms with Gasteiger partial charge in [-0.3, -0.25) is 4.74 Å². The van der Waals surface area contributed by atoms with E-state index in [1.54, 1.807) is 37.3 Å². The lowest BCUT2D eigenvalue weighted by molar-refractivity contribution is -0.385. The predicted molar refractivity (Wildman–Crippen MR) is 100 cm³/mol. The van der Waals surface area contributed by atoms with Crippen molar-refractivity contribution in [3.05, 3.63) is 76.1 Å². The molecule has 0 aromatic heterocycles. The molecule has 1 aliphatic carbocycles. The van der Waals surface area contributed by atoms with Crippen molar-refractivity contribution in [2.45, 2.75) is 25.1 Å². The molecule has 8 nitrogen and oxygen atoms in total. The number of hydrogen-bond donors (Lipinski definition) is 4. The summed E-state index contributed by atoms with van der Waals surface area (Å²) < 4.78 is 11.1. The number of carboxylic acid groups (broad SMARTS) is 1. The van der Waals surface area contributed by atoms with Crippen LogP contribution in [-0.2, 0) is 15.3 Å². The quantitative estimate of drug-likeness (QED) is 0.592. The molecular formula is C22H17O8-. The van der Waals surface area contributed by atoms with Crippen molar-refractivity contribution in [3.8, 4) is 5.75 Å². The first-order chi connectivity index (χ1) is 14.2. The monoisotopic (exact) mass is 409 g/mol. The molecule has 154 valence electrons. The first kappa shape index (κ1) is 18.7. The van der Waals surface area contributed by atoms with Gasteiger partial charge < -0.3 is 35.1 Å². The highest BCUT2D eigenvalue weighted by Gasteiger charge is 2.59. The largest absolute Gasteiger partial charge is 0.550 e. The highest BCUT2D eigenvalue weighted by Crippen LogP contribution is 2.57. The SMILES string of the molecule is CCC(C(=O)[O-])C1=C(c2ccccc2)c2cc3c4cc2OC1(O)OC4(O)C(O)=C3O. The highest BCUT2D eigenvalue weighted by molar-refractivity contribution is 5.92. The first-order valence-electron chi connectivity index (χ1n) is 9.38. The molecule has 2 aromatic carbocycles. The van der Waals surface area contributed by atoms with E-state index in [1.807, 2.05) is 0 Å². The number of benzene rings is 2. The first-order valence-corrected chi connectivity index (χ1v) is 9.38. The number of ether oxygens (including phenoxy) is 2. The van der Waals surface area contributed by atoms with E-state index in [4.69, 9.17) is 9.47 Å². The van der Waals surface area contributed by atoms with Crippen LogP contribution in [0.25, 0.3) is 11.3 Å². The molecule has 2 aliphatic heterocycles. The minimum absolute atomic E-state index is 0.0256. The van der Waals surface area contributed by atoms with Crippen LogP contribution in [-0.4, -0.2) is 32.4 Å². The zero-order valence-corrected chi connectivity index (χ0v) is 15.7. The Bertz CT molecular complexity index is 1170. The maximum Gasteiger partial charge on any atom is 0.354 e. The highest BCUT2D eigenvalue weighted by atomic mass is 16.9. The number of aliphatic hydroxyl groups excluding tert-OH is 2. The lowest BCUT2D eigenvalue weighted by Gasteiger charge is -2.41. The lowest BCUT2D eigenvalue weighted by atomic mass is 9.81. The zero-order valence-electron chi connectivity index (χ0n) is 15.7. The summed E-state index contributed by atoms with van der Waals surface area (Å²) in [7, 11) is 0. The average molecular weight is 409 g/mol. The number of rotatable bonds is 4. The molecule has 30 heavy (non-hydrogen) atoms. The van der Waals surface area contributed by atoms with Gasteiger partial charge in [0, 0.05) is 39.7 Å². The molecular weight excluding hydrogens is 392 g/mol. The summed E-state index contributed by atoms with van der Waals surface area (Å²) in [6.07, 6.45) is 0.0357. The van der Waals surface area contributed by atoms with E-state index in [-0.39, 0.29) is 28.9 Å². The molecule has 2 heterocycles. The molecule has 0 amide bonds. The van der Waals surface area contributed by atoms with Gasteiger partial charge in [0.15, 0.2) is 5.76 Å². The molecule has 0 saturated carbocycles. The molecule has 2 aromatic rings. The minimum atomic E-state index is -2.75. The van der Waals surface area contributed by atoms with Crippen LogP contribution >= 0.6 is 0 Å². The summed E-state index contributed by atoms with van der Waals surface area (Å²) in [6.45, 7) is 1.60. The Kier molecular flexibility index (Phi) is 3.64. The number of hydrogen-bond acceptors (Lipinski definition) is 8. The van der Waals surface area contributed by atoms with Crippen LogP contribution in [0.4, 0.5) is 0 Å². The van der Waals surface area contributed by atoms with E-state index in [9.17, 15) is 30.3 Å². The number of carbonyl (C=O) groups excluding carboxylic acids is 1. The zero-order chi connectivity index (χ0) is 21.4. The Balaban J connectivity index is 1.93. The van der Waals surface area contributed by atoms with Crippen LogP contribution in [0, 0.1) is 5.92 Å². The fourth-order valence-electron chi connectivity index (χ4n) is 4.44. The van der Waals surface area contributed by atoms with Crippen LogP contribution in [0.15, 0.2) is 53.8 Å². The predicted octanol–water partition coefficient (Wildman–Crippen LogP) is 1.28. The van der Waals surface area contributed by atoms with Crippen LogP contribution in [0.5, 0.6) is 5.75 Å². The third-order valence-corrected chi connectivity index (χ3v) is 5.80. The Morgan fingerprint density at radius 1 is 1.13 bits per heavy atom. The Labute approximate surface area is 170 Å². The molecule has 0 saturated heterocycles. The second-order valence-corrected chi connectivity index (χ2v) is 7.46. The molecule has 0 spiro atoms. The van der Waals surface area contributed by atoms with Crippen molar-refractivity contribution in [1.82, 2.24) is 0 Å². The summed E-state index contributed by atoms with van der Waals surface area (Å²) in [4.78, 5) is 12.0. The van der Waals surface area contributed by atoms with Gasteiger partial charge in [-0.2, -0.15) is 0 Å². The van der Waals surface area contributed by atoms with Gasteiger partial charge in [0.25, 0.3) is 5.79 Å².